The summed E-state index contributed by atoms with van der Waals surface area (Å²) in [5.41, 5.74) is 1.81. The van der Waals surface area contributed by atoms with Crippen LogP contribution in [0.5, 0.6) is 0 Å². The predicted octanol–water partition coefficient (Wildman–Crippen LogP) is 3.13. The molecule has 146 valence electrons. The van der Waals surface area contributed by atoms with Gasteiger partial charge in [0.25, 0.3) is 0 Å². The Labute approximate surface area is 163 Å². The van der Waals surface area contributed by atoms with Crippen LogP contribution in [-0.4, -0.2) is 50.1 Å². The van der Waals surface area contributed by atoms with Gasteiger partial charge in [-0.25, -0.2) is 4.98 Å². The van der Waals surface area contributed by atoms with Gasteiger partial charge in [0, 0.05) is 38.3 Å². The van der Waals surface area contributed by atoms with Gasteiger partial charge in [-0.15, -0.1) is 0 Å². The molecule has 0 bridgehead atoms. The largest absolute Gasteiger partial charge is 0.368 e. The third-order valence-corrected chi connectivity index (χ3v) is 5.30. The van der Waals surface area contributed by atoms with Crippen molar-refractivity contribution in [3.63, 3.8) is 0 Å². The number of rotatable bonds is 6. The van der Waals surface area contributed by atoms with Crippen LogP contribution in [0.1, 0.15) is 25.3 Å². The predicted molar refractivity (Wildman–Crippen MR) is 107 cm³/mol. The summed E-state index contributed by atoms with van der Waals surface area (Å²) in [5, 5.41) is 15.7. The van der Waals surface area contributed by atoms with E-state index < -0.39 is 4.92 Å². The number of piperazine rings is 1. The Morgan fingerprint density at radius 1 is 1.18 bits per heavy atom. The van der Waals surface area contributed by atoms with E-state index in [4.69, 9.17) is 0 Å². The highest BCUT2D eigenvalue weighted by Crippen LogP contribution is 2.23. The summed E-state index contributed by atoms with van der Waals surface area (Å²) in [6, 6.07) is 14.7. The van der Waals surface area contributed by atoms with E-state index in [1.54, 1.807) is 6.07 Å². The molecule has 1 aliphatic rings. The van der Waals surface area contributed by atoms with Crippen molar-refractivity contribution in [1.82, 2.24) is 19.5 Å². The average Bonchev–Trinajstić information content (AvgIpc) is 3.14. The first-order valence-electron chi connectivity index (χ1n) is 9.68. The number of benzene rings is 1. The summed E-state index contributed by atoms with van der Waals surface area (Å²) in [7, 11) is 0. The highest BCUT2D eigenvalue weighted by molar-refractivity contribution is 5.49. The maximum absolute atomic E-state index is 11.2. The third kappa shape index (κ3) is 3.68. The molecule has 8 heteroatoms. The topological polar surface area (TPSA) is 79.8 Å². The van der Waals surface area contributed by atoms with Crippen molar-refractivity contribution >= 4 is 17.3 Å². The number of hydrogen-bond donors (Lipinski definition) is 0. The zero-order valence-electron chi connectivity index (χ0n) is 15.9. The molecular formula is C20H24N6O2. The van der Waals surface area contributed by atoms with Crippen molar-refractivity contribution in [2.45, 2.75) is 32.4 Å². The van der Waals surface area contributed by atoms with E-state index in [1.165, 1.54) is 16.3 Å². The fourth-order valence-electron chi connectivity index (χ4n) is 3.88. The Kier molecular flexibility index (Phi) is 5.21. The molecule has 1 saturated heterocycles. The lowest BCUT2D eigenvalue weighted by Crippen LogP contribution is -2.53. The van der Waals surface area contributed by atoms with Gasteiger partial charge in [0.2, 0.25) is 5.65 Å². The van der Waals surface area contributed by atoms with Crippen molar-refractivity contribution < 1.29 is 4.92 Å². The summed E-state index contributed by atoms with van der Waals surface area (Å²) in [6.07, 6.45) is 3.48. The normalized spacial score (nSPS) is 17.9. The molecule has 2 aromatic heterocycles. The lowest BCUT2D eigenvalue weighted by atomic mass is 10.1. The minimum absolute atomic E-state index is 0.107. The van der Waals surface area contributed by atoms with Gasteiger partial charge in [0.05, 0.1) is 0 Å². The molecule has 1 fully saturated rings. The molecular weight excluding hydrogens is 356 g/mol. The first kappa shape index (κ1) is 18.4. The molecule has 0 spiro atoms. The van der Waals surface area contributed by atoms with Crippen molar-refractivity contribution in [1.29, 1.82) is 0 Å². The van der Waals surface area contributed by atoms with Crippen molar-refractivity contribution in [2.75, 3.05) is 24.5 Å². The maximum Gasteiger partial charge on any atom is 0.368 e. The number of fused-ring (bicyclic) bond motifs is 1. The average molecular weight is 380 g/mol. The summed E-state index contributed by atoms with van der Waals surface area (Å²) in [4.78, 5) is 19.6. The molecule has 0 aliphatic carbocycles. The number of nitro groups is 1. The number of anilines is 1. The zero-order chi connectivity index (χ0) is 19.5. The SMILES string of the molecule is CCCC1CN(c2ccc3ncc([N+](=O)[O-])n3n2)CCN1Cc1ccccc1. The van der Waals surface area contributed by atoms with E-state index in [0.29, 0.717) is 11.7 Å². The molecule has 8 nitrogen and oxygen atoms in total. The quantitative estimate of drug-likeness (QED) is 0.483. The molecule has 1 aromatic carbocycles. The Balaban J connectivity index is 1.54. The molecule has 28 heavy (non-hydrogen) atoms. The smallest absolute Gasteiger partial charge is 0.358 e. The van der Waals surface area contributed by atoms with E-state index in [1.807, 2.05) is 12.1 Å². The number of aromatic nitrogens is 3. The van der Waals surface area contributed by atoms with Crippen LogP contribution in [0.4, 0.5) is 11.6 Å². The zero-order valence-corrected chi connectivity index (χ0v) is 15.9. The van der Waals surface area contributed by atoms with Crippen LogP contribution in [0.3, 0.4) is 0 Å². The second-order valence-corrected chi connectivity index (χ2v) is 7.18. The molecule has 0 N–H and O–H groups in total. The maximum atomic E-state index is 11.2. The molecule has 1 aliphatic heterocycles. The fourth-order valence-corrected chi connectivity index (χ4v) is 3.88. The van der Waals surface area contributed by atoms with Crippen LogP contribution >= 0.6 is 0 Å². The minimum Gasteiger partial charge on any atom is -0.358 e. The molecule has 4 rings (SSSR count). The van der Waals surface area contributed by atoms with Crippen LogP contribution < -0.4 is 4.90 Å². The lowest BCUT2D eigenvalue weighted by Gasteiger charge is -2.41. The van der Waals surface area contributed by atoms with Gasteiger partial charge in [-0.2, -0.15) is 0 Å². The van der Waals surface area contributed by atoms with Gasteiger partial charge in [0.1, 0.15) is 6.20 Å². The van der Waals surface area contributed by atoms with Crippen LogP contribution in [-0.2, 0) is 6.54 Å². The first-order valence-corrected chi connectivity index (χ1v) is 9.68. The Hall–Kier alpha value is -3.00. The molecule has 0 radical (unpaired) electrons. The van der Waals surface area contributed by atoms with Crippen LogP contribution in [0.2, 0.25) is 0 Å². The Morgan fingerprint density at radius 3 is 2.75 bits per heavy atom. The number of hydrogen-bond acceptors (Lipinski definition) is 6. The second kappa shape index (κ2) is 7.93. The van der Waals surface area contributed by atoms with Crippen molar-refractivity contribution in [3.05, 3.63) is 64.3 Å². The van der Waals surface area contributed by atoms with E-state index >= 15 is 0 Å². The number of imidazole rings is 1. The molecule has 1 atom stereocenters. The third-order valence-electron chi connectivity index (χ3n) is 5.30. The minimum atomic E-state index is -0.450. The highest BCUT2D eigenvalue weighted by Gasteiger charge is 2.28. The molecule has 0 saturated carbocycles. The van der Waals surface area contributed by atoms with E-state index in [2.05, 4.69) is 51.1 Å². The van der Waals surface area contributed by atoms with Crippen LogP contribution in [0.15, 0.2) is 48.7 Å². The van der Waals surface area contributed by atoms with Gasteiger partial charge < -0.3 is 15.0 Å². The van der Waals surface area contributed by atoms with Gasteiger partial charge in [-0.05, 0) is 23.0 Å². The first-order chi connectivity index (χ1) is 13.7. The van der Waals surface area contributed by atoms with Gasteiger partial charge in [-0.3, -0.25) is 4.90 Å². The molecule has 3 heterocycles. The van der Waals surface area contributed by atoms with E-state index in [-0.39, 0.29) is 5.82 Å². The highest BCUT2D eigenvalue weighted by atomic mass is 16.6. The Bertz CT molecular complexity index is 958. The van der Waals surface area contributed by atoms with Crippen molar-refractivity contribution in [2.24, 2.45) is 0 Å². The summed E-state index contributed by atoms with van der Waals surface area (Å²) in [5.74, 6) is 0.652. The van der Waals surface area contributed by atoms with Crippen LogP contribution in [0.25, 0.3) is 5.65 Å². The van der Waals surface area contributed by atoms with E-state index in [9.17, 15) is 10.1 Å². The second-order valence-electron chi connectivity index (χ2n) is 7.18. The molecule has 3 aromatic rings. The fraction of sp³-hybridized carbons (Fsp3) is 0.400. The van der Waals surface area contributed by atoms with E-state index in [0.717, 1.165) is 44.8 Å². The van der Waals surface area contributed by atoms with Gasteiger partial charge in [-0.1, -0.05) is 53.3 Å². The molecule has 1 unspecified atom stereocenters. The van der Waals surface area contributed by atoms with Crippen LogP contribution in [0, 0.1) is 10.1 Å². The summed E-state index contributed by atoms with van der Waals surface area (Å²) in [6.45, 7) is 5.79. The standard InChI is InChI=1S/C20H24N6O2/c1-2-6-17-15-24(12-11-23(17)14-16-7-4-3-5-8-16)19-10-9-18-21-13-20(26(27)28)25(18)22-19/h3-5,7-10,13,17H,2,6,11-12,14-15H2,1H3. The van der Waals surface area contributed by atoms with Gasteiger partial charge >= 0.3 is 5.82 Å². The number of nitrogens with zero attached hydrogens (tertiary/aromatic N) is 6. The lowest BCUT2D eigenvalue weighted by molar-refractivity contribution is -0.391. The van der Waals surface area contributed by atoms with Gasteiger partial charge in [0.15, 0.2) is 5.82 Å². The Morgan fingerprint density at radius 2 is 2.00 bits per heavy atom. The summed E-state index contributed by atoms with van der Waals surface area (Å²) >= 11 is 0. The monoisotopic (exact) mass is 380 g/mol. The van der Waals surface area contributed by atoms with Crippen molar-refractivity contribution in [3.8, 4) is 0 Å². The molecule has 0 amide bonds. The summed E-state index contributed by atoms with van der Waals surface area (Å²) < 4.78 is 1.32.